The highest BCUT2D eigenvalue weighted by molar-refractivity contribution is 7.92. The molecule has 1 atom stereocenters. The van der Waals surface area contributed by atoms with E-state index in [1.54, 1.807) is 4.90 Å². The van der Waals surface area contributed by atoms with Crippen LogP contribution >= 0.6 is 0 Å². The zero-order chi connectivity index (χ0) is 19.8. The standard InChI is InChI=1S/C21H26N2O3S/c1-5-19(21(24)22-11-10-17-8-6-7-9-20(17)22)23(27(4,25)26)18-13-15(2)12-16(3)14-18/h6-9,12-14,19H,5,10-11H2,1-4H3. The third kappa shape index (κ3) is 3.86. The molecular weight excluding hydrogens is 360 g/mol. The van der Waals surface area contributed by atoms with E-state index < -0.39 is 16.1 Å². The highest BCUT2D eigenvalue weighted by atomic mass is 32.2. The summed E-state index contributed by atoms with van der Waals surface area (Å²) >= 11 is 0. The number of carbonyl (C=O) groups is 1. The molecule has 0 N–H and O–H groups in total. The van der Waals surface area contributed by atoms with Crippen molar-refractivity contribution in [2.45, 2.75) is 39.7 Å². The number of hydrogen-bond donors (Lipinski definition) is 0. The summed E-state index contributed by atoms with van der Waals surface area (Å²) in [6.07, 6.45) is 2.36. The van der Waals surface area contributed by atoms with Crippen molar-refractivity contribution in [3.63, 3.8) is 0 Å². The van der Waals surface area contributed by atoms with Crippen molar-refractivity contribution in [2.75, 3.05) is 22.0 Å². The lowest BCUT2D eigenvalue weighted by atomic mass is 10.1. The molecule has 1 aliphatic heterocycles. The van der Waals surface area contributed by atoms with Gasteiger partial charge in [0.2, 0.25) is 10.0 Å². The lowest BCUT2D eigenvalue weighted by molar-refractivity contribution is -0.119. The Kier molecular flexibility index (Phi) is 5.29. The van der Waals surface area contributed by atoms with Crippen molar-refractivity contribution in [2.24, 2.45) is 0 Å². The second-order valence-electron chi connectivity index (χ2n) is 7.20. The van der Waals surface area contributed by atoms with Gasteiger partial charge in [-0.15, -0.1) is 0 Å². The molecule has 0 aromatic heterocycles. The Hall–Kier alpha value is -2.34. The Balaban J connectivity index is 2.04. The van der Waals surface area contributed by atoms with E-state index in [1.165, 1.54) is 10.6 Å². The molecule has 1 heterocycles. The minimum absolute atomic E-state index is 0.174. The van der Waals surface area contributed by atoms with Crippen LogP contribution in [0, 0.1) is 13.8 Å². The van der Waals surface area contributed by atoms with Crippen LogP contribution in [0.25, 0.3) is 0 Å². The molecule has 0 fully saturated rings. The van der Waals surface area contributed by atoms with Crippen LogP contribution in [-0.2, 0) is 21.2 Å². The number of carbonyl (C=O) groups excluding carboxylic acids is 1. The molecule has 3 rings (SSSR count). The number of benzene rings is 2. The number of fused-ring (bicyclic) bond motifs is 1. The van der Waals surface area contributed by atoms with Crippen molar-refractivity contribution in [1.29, 1.82) is 0 Å². The molecule has 0 bridgehead atoms. The van der Waals surface area contributed by atoms with Crippen molar-refractivity contribution < 1.29 is 13.2 Å². The average Bonchev–Trinajstić information content (AvgIpc) is 3.01. The van der Waals surface area contributed by atoms with E-state index in [9.17, 15) is 13.2 Å². The fraction of sp³-hybridized carbons (Fsp3) is 0.381. The molecule has 0 spiro atoms. The van der Waals surface area contributed by atoms with E-state index in [0.717, 1.165) is 28.8 Å². The fourth-order valence-electron chi connectivity index (χ4n) is 3.87. The molecule has 27 heavy (non-hydrogen) atoms. The number of rotatable bonds is 5. The lowest BCUT2D eigenvalue weighted by Gasteiger charge is -2.33. The molecule has 0 saturated carbocycles. The number of nitrogens with zero attached hydrogens (tertiary/aromatic N) is 2. The summed E-state index contributed by atoms with van der Waals surface area (Å²) in [5.74, 6) is -0.174. The van der Waals surface area contributed by atoms with Gasteiger partial charge in [0.1, 0.15) is 6.04 Å². The zero-order valence-electron chi connectivity index (χ0n) is 16.3. The van der Waals surface area contributed by atoms with Crippen molar-refractivity contribution in [3.05, 3.63) is 59.2 Å². The smallest absolute Gasteiger partial charge is 0.250 e. The Morgan fingerprint density at radius 1 is 1.15 bits per heavy atom. The normalized spacial score (nSPS) is 14.7. The van der Waals surface area contributed by atoms with Gasteiger partial charge in [-0.2, -0.15) is 0 Å². The van der Waals surface area contributed by atoms with Gasteiger partial charge in [-0.25, -0.2) is 8.42 Å². The van der Waals surface area contributed by atoms with E-state index in [-0.39, 0.29) is 5.91 Å². The first-order chi connectivity index (χ1) is 12.7. The van der Waals surface area contributed by atoms with Gasteiger partial charge >= 0.3 is 0 Å². The lowest BCUT2D eigenvalue weighted by Crippen LogP contribution is -2.50. The third-order valence-electron chi connectivity index (χ3n) is 4.93. The Bertz CT molecular complexity index is 949. The van der Waals surface area contributed by atoms with Gasteiger partial charge in [0.05, 0.1) is 11.9 Å². The van der Waals surface area contributed by atoms with Gasteiger partial charge in [0.25, 0.3) is 5.91 Å². The monoisotopic (exact) mass is 386 g/mol. The molecule has 1 unspecified atom stereocenters. The minimum Gasteiger partial charge on any atom is -0.310 e. The molecule has 6 heteroatoms. The van der Waals surface area contributed by atoms with Crippen LogP contribution in [0.5, 0.6) is 0 Å². The maximum Gasteiger partial charge on any atom is 0.250 e. The van der Waals surface area contributed by atoms with Crippen LogP contribution in [0.4, 0.5) is 11.4 Å². The second kappa shape index (κ2) is 7.35. The molecule has 0 aliphatic carbocycles. The SMILES string of the molecule is CCC(C(=O)N1CCc2ccccc21)N(c1cc(C)cc(C)c1)S(C)(=O)=O. The molecule has 0 radical (unpaired) electrons. The first-order valence-electron chi connectivity index (χ1n) is 9.19. The first-order valence-corrected chi connectivity index (χ1v) is 11.0. The van der Waals surface area contributed by atoms with Crippen LogP contribution in [-0.4, -0.2) is 33.2 Å². The molecule has 5 nitrogen and oxygen atoms in total. The van der Waals surface area contributed by atoms with Crippen LogP contribution in [0.3, 0.4) is 0 Å². The fourth-order valence-corrected chi connectivity index (χ4v) is 5.06. The topological polar surface area (TPSA) is 57.7 Å². The summed E-state index contributed by atoms with van der Waals surface area (Å²) in [6.45, 7) is 6.29. The second-order valence-corrected chi connectivity index (χ2v) is 9.06. The van der Waals surface area contributed by atoms with Gasteiger partial charge in [-0.05, 0) is 61.6 Å². The zero-order valence-corrected chi connectivity index (χ0v) is 17.1. The van der Waals surface area contributed by atoms with Crippen LogP contribution in [0.15, 0.2) is 42.5 Å². The maximum atomic E-state index is 13.4. The third-order valence-corrected chi connectivity index (χ3v) is 6.11. The quantitative estimate of drug-likeness (QED) is 0.791. The summed E-state index contributed by atoms with van der Waals surface area (Å²) < 4.78 is 26.6. The summed E-state index contributed by atoms with van der Waals surface area (Å²) in [7, 11) is -3.63. The van der Waals surface area contributed by atoms with Crippen LogP contribution in [0.1, 0.15) is 30.0 Å². The number of amides is 1. The Morgan fingerprint density at radius 3 is 2.37 bits per heavy atom. The molecule has 2 aromatic rings. The van der Waals surface area contributed by atoms with Crippen LogP contribution in [0.2, 0.25) is 0 Å². The number of para-hydroxylation sites is 1. The van der Waals surface area contributed by atoms with Gasteiger partial charge in [-0.1, -0.05) is 31.2 Å². The molecule has 144 valence electrons. The molecule has 2 aromatic carbocycles. The van der Waals surface area contributed by atoms with Gasteiger partial charge < -0.3 is 4.90 Å². The predicted molar refractivity (Wildman–Crippen MR) is 110 cm³/mol. The van der Waals surface area contributed by atoms with E-state index in [0.29, 0.717) is 18.7 Å². The van der Waals surface area contributed by atoms with Crippen LogP contribution < -0.4 is 9.21 Å². The average molecular weight is 387 g/mol. The summed E-state index contributed by atoms with van der Waals surface area (Å²) in [5, 5.41) is 0. The van der Waals surface area contributed by atoms with E-state index >= 15 is 0 Å². The largest absolute Gasteiger partial charge is 0.310 e. The highest BCUT2D eigenvalue weighted by Crippen LogP contribution is 2.31. The number of anilines is 2. The van der Waals surface area contributed by atoms with Gasteiger partial charge in [0, 0.05) is 12.2 Å². The first kappa shape index (κ1) is 19.4. The Morgan fingerprint density at radius 2 is 1.78 bits per heavy atom. The summed E-state index contributed by atoms with van der Waals surface area (Å²) in [6, 6.07) is 12.7. The number of aryl methyl sites for hydroxylation is 2. The molecule has 1 amide bonds. The number of sulfonamides is 1. The molecular formula is C21H26N2O3S. The highest BCUT2D eigenvalue weighted by Gasteiger charge is 2.36. The van der Waals surface area contributed by atoms with Gasteiger partial charge in [-0.3, -0.25) is 9.10 Å². The van der Waals surface area contributed by atoms with E-state index in [1.807, 2.05) is 63.2 Å². The molecule has 0 saturated heterocycles. The summed E-state index contributed by atoms with van der Waals surface area (Å²) in [4.78, 5) is 15.1. The minimum atomic E-state index is -3.63. The predicted octanol–water partition coefficient (Wildman–Crippen LogP) is 3.44. The van der Waals surface area contributed by atoms with E-state index in [4.69, 9.17) is 0 Å². The van der Waals surface area contributed by atoms with Gasteiger partial charge in [0.15, 0.2) is 0 Å². The van der Waals surface area contributed by atoms with Crippen molar-refractivity contribution in [3.8, 4) is 0 Å². The maximum absolute atomic E-state index is 13.4. The number of hydrogen-bond acceptors (Lipinski definition) is 3. The van der Waals surface area contributed by atoms with E-state index in [2.05, 4.69) is 0 Å². The Labute approximate surface area is 161 Å². The van der Waals surface area contributed by atoms with Crippen molar-refractivity contribution >= 4 is 27.3 Å². The van der Waals surface area contributed by atoms with Crippen molar-refractivity contribution in [1.82, 2.24) is 0 Å². The summed E-state index contributed by atoms with van der Waals surface area (Å²) in [5.41, 5.74) is 4.48. The molecule has 1 aliphatic rings.